The first-order valence-corrected chi connectivity index (χ1v) is 6.70. The SMILES string of the molecule is C[NH+](C)CCCOC(=O)COc1ccc(Br)cc1. The van der Waals surface area contributed by atoms with Crippen LogP contribution in [-0.4, -0.2) is 39.8 Å². The van der Waals surface area contributed by atoms with E-state index in [1.165, 1.54) is 4.90 Å². The van der Waals surface area contributed by atoms with Gasteiger partial charge in [0, 0.05) is 10.9 Å². The van der Waals surface area contributed by atoms with Crippen LogP contribution in [0.25, 0.3) is 0 Å². The Labute approximate surface area is 116 Å². The summed E-state index contributed by atoms with van der Waals surface area (Å²) in [7, 11) is 4.14. The molecule has 5 heteroatoms. The molecule has 100 valence electrons. The van der Waals surface area contributed by atoms with Gasteiger partial charge in [0.25, 0.3) is 0 Å². The molecule has 0 unspecified atom stereocenters. The number of hydrogen-bond acceptors (Lipinski definition) is 3. The van der Waals surface area contributed by atoms with E-state index in [0.717, 1.165) is 17.4 Å². The number of carbonyl (C=O) groups is 1. The summed E-state index contributed by atoms with van der Waals surface area (Å²) in [6.07, 6.45) is 0.867. The lowest BCUT2D eigenvalue weighted by molar-refractivity contribution is -0.858. The summed E-state index contributed by atoms with van der Waals surface area (Å²) in [6, 6.07) is 7.32. The molecule has 0 aliphatic heterocycles. The van der Waals surface area contributed by atoms with Crippen LogP contribution in [0, 0.1) is 0 Å². The molecule has 0 atom stereocenters. The van der Waals surface area contributed by atoms with Gasteiger partial charge in [-0.25, -0.2) is 4.79 Å². The molecule has 0 aromatic heterocycles. The third-order valence-corrected chi connectivity index (χ3v) is 2.78. The Hall–Kier alpha value is -1.07. The van der Waals surface area contributed by atoms with Crippen LogP contribution in [0.2, 0.25) is 0 Å². The van der Waals surface area contributed by atoms with Crippen molar-refractivity contribution in [3.8, 4) is 5.75 Å². The first-order chi connectivity index (χ1) is 8.58. The molecule has 0 saturated carbocycles. The highest BCUT2D eigenvalue weighted by Crippen LogP contribution is 2.15. The maximum absolute atomic E-state index is 11.4. The van der Waals surface area contributed by atoms with Crippen LogP contribution in [0.15, 0.2) is 28.7 Å². The number of carbonyl (C=O) groups excluding carboxylic acids is 1. The molecule has 18 heavy (non-hydrogen) atoms. The van der Waals surface area contributed by atoms with Crippen molar-refractivity contribution in [3.63, 3.8) is 0 Å². The lowest BCUT2D eigenvalue weighted by atomic mass is 10.3. The summed E-state index contributed by atoms with van der Waals surface area (Å²) in [5, 5.41) is 0. The van der Waals surface area contributed by atoms with E-state index in [2.05, 4.69) is 30.0 Å². The van der Waals surface area contributed by atoms with Crippen molar-refractivity contribution < 1.29 is 19.2 Å². The minimum absolute atomic E-state index is 0.0452. The average Bonchev–Trinajstić information content (AvgIpc) is 2.34. The summed E-state index contributed by atoms with van der Waals surface area (Å²) in [6.45, 7) is 1.39. The van der Waals surface area contributed by atoms with E-state index in [1.54, 1.807) is 12.1 Å². The fourth-order valence-electron chi connectivity index (χ4n) is 1.33. The predicted molar refractivity (Wildman–Crippen MR) is 72.9 cm³/mol. The molecule has 1 rings (SSSR count). The Balaban J connectivity index is 2.15. The van der Waals surface area contributed by atoms with Crippen LogP contribution >= 0.6 is 15.9 Å². The van der Waals surface area contributed by atoms with Crippen LogP contribution < -0.4 is 9.64 Å². The van der Waals surface area contributed by atoms with E-state index >= 15 is 0 Å². The van der Waals surface area contributed by atoms with Gasteiger partial charge in [-0.3, -0.25) is 0 Å². The van der Waals surface area contributed by atoms with E-state index in [0.29, 0.717) is 12.4 Å². The number of benzene rings is 1. The summed E-state index contributed by atoms with van der Waals surface area (Å²) >= 11 is 3.33. The van der Waals surface area contributed by atoms with Gasteiger partial charge in [-0.15, -0.1) is 0 Å². The number of esters is 1. The first-order valence-electron chi connectivity index (χ1n) is 5.91. The Morgan fingerprint density at radius 3 is 2.56 bits per heavy atom. The summed E-state index contributed by atoms with van der Waals surface area (Å²) < 4.78 is 11.3. The van der Waals surface area contributed by atoms with E-state index < -0.39 is 0 Å². The lowest BCUT2D eigenvalue weighted by Crippen LogP contribution is -3.05. The standard InChI is InChI=1S/C13H18BrNO3/c1-15(2)8-3-9-17-13(16)10-18-12-6-4-11(14)5-7-12/h4-7H,3,8-10H2,1-2H3/p+1. The Morgan fingerprint density at radius 2 is 1.94 bits per heavy atom. The number of rotatable bonds is 7. The molecule has 0 aliphatic rings. The van der Waals surface area contributed by atoms with Gasteiger partial charge in [-0.05, 0) is 24.3 Å². The summed E-state index contributed by atoms with van der Waals surface area (Å²) in [5.41, 5.74) is 0. The topological polar surface area (TPSA) is 40.0 Å². The minimum atomic E-state index is -0.327. The number of hydrogen-bond donors (Lipinski definition) is 1. The maximum Gasteiger partial charge on any atom is 0.344 e. The van der Waals surface area contributed by atoms with Crippen LogP contribution in [0.1, 0.15) is 6.42 Å². The molecule has 0 radical (unpaired) electrons. The van der Waals surface area contributed by atoms with Crippen molar-refractivity contribution >= 4 is 21.9 Å². The number of ether oxygens (including phenoxy) is 2. The third kappa shape index (κ3) is 6.61. The zero-order valence-electron chi connectivity index (χ0n) is 10.7. The third-order valence-electron chi connectivity index (χ3n) is 2.25. The number of quaternary nitrogens is 1. The lowest BCUT2D eigenvalue weighted by Gasteiger charge is -2.08. The zero-order chi connectivity index (χ0) is 13.4. The fraction of sp³-hybridized carbons (Fsp3) is 0.462. The fourth-order valence-corrected chi connectivity index (χ4v) is 1.59. The Bertz CT molecular complexity index is 365. The summed E-state index contributed by atoms with van der Waals surface area (Å²) in [4.78, 5) is 12.7. The monoisotopic (exact) mass is 316 g/mol. The number of nitrogens with one attached hydrogen (secondary N) is 1. The molecule has 1 aromatic rings. The molecule has 0 bridgehead atoms. The van der Waals surface area contributed by atoms with Crippen molar-refractivity contribution in [3.05, 3.63) is 28.7 Å². The molecule has 1 aromatic carbocycles. The van der Waals surface area contributed by atoms with Gasteiger partial charge >= 0.3 is 5.97 Å². The van der Waals surface area contributed by atoms with Crippen molar-refractivity contribution in [2.75, 3.05) is 33.9 Å². The van der Waals surface area contributed by atoms with E-state index in [9.17, 15) is 4.79 Å². The van der Waals surface area contributed by atoms with Crippen LogP contribution in [0.3, 0.4) is 0 Å². The van der Waals surface area contributed by atoms with Crippen LogP contribution in [0.5, 0.6) is 5.75 Å². The summed E-state index contributed by atoms with van der Waals surface area (Å²) in [5.74, 6) is 0.333. The second-order valence-corrected chi connectivity index (χ2v) is 5.19. The first kappa shape index (κ1) is 15.0. The molecule has 0 heterocycles. The number of halogens is 1. The second kappa shape index (κ2) is 8.11. The molecule has 0 amide bonds. The largest absolute Gasteiger partial charge is 0.482 e. The average molecular weight is 317 g/mol. The van der Waals surface area contributed by atoms with Gasteiger partial charge in [0.15, 0.2) is 6.61 Å². The highest BCUT2D eigenvalue weighted by Gasteiger charge is 2.04. The quantitative estimate of drug-likeness (QED) is 0.600. The molecule has 0 spiro atoms. The predicted octanol–water partition coefficient (Wildman–Crippen LogP) is 0.906. The van der Waals surface area contributed by atoms with Gasteiger partial charge < -0.3 is 14.4 Å². The maximum atomic E-state index is 11.4. The highest BCUT2D eigenvalue weighted by atomic mass is 79.9. The Morgan fingerprint density at radius 1 is 1.28 bits per heavy atom. The van der Waals surface area contributed by atoms with Gasteiger partial charge in [0.1, 0.15) is 5.75 Å². The smallest absolute Gasteiger partial charge is 0.344 e. The molecule has 0 saturated heterocycles. The Kier molecular flexibility index (Phi) is 6.75. The second-order valence-electron chi connectivity index (χ2n) is 4.27. The van der Waals surface area contributed by atoms with Gasteiger partial charge in [0.05, 0.1) is 27.2 Å². The van der Waals surface area contributed by atoms with Crippen LogP contribution in [0.4, 0.5) is 0 Å². The molecule has 0 aliphatic carbocycles. The zero-order valence-corrected chi connectivity index (χ0v) is 12.3. The van der Waals surface area contributed by atoms with Crippen molar-refractivity contribution in [1.29, 1.82) is 0 Å². The van der Waals surface area contributed by atoms with Gasteiger partial charge in [-0.1, -0.05) is 15.9 Å². The minimum Gasteiger partial charge on any atom is -0.482 e. The molecular weight excluding hydrogens is 298 g/mol. The molecule has 4 nitrogen and oxygen atoms in total. The van der Waals surface area contributed by atoms with Crippen molar-refractivity contribution in [1.82, 2.24) is 0 Å². The normalized spacial score (nSPS) is 10.4. The van der Waals surface area contributed by atoms with Crippen molar-refractivity contribution in [2.45, 2.75) is 6.42 Å². The molecular formula is C13H19BrNO3+. The highest BCUT2D eigenvalue weighted by molar-refractivity contribution is 9.10. The van der Waals surface area contributed by atoms with E-state index in [4.69, 9.17) is 9.47 Å². The van der Waals surface area contributed by atoms with Gasteiger partial charge in [-0.2, -0.15) is 0 Å². The van der Waals surface area contributed by atoms with E-state index in [1.807, 2.05) is 12.1 Å². The van der Waals surface area contributed by atoms with Crippen molar-refractivity contribution in [2.24, 2.45) is 0 Å². The molecule has 0 fully saturated rings. The molecule has 1 N–H and O–H groups in total. The van der Waals surface area contributed by atoms with Gasteiger partial charge in [0.2, 0.25) is 0 Å². The van der Waals surface area contributed by atoms with E-state index in [-0.39, 0.29) is 12.6 Å². The van der Waals surface area contributed by atoms with Crippen LogP contribution in [-0.2, 0) is 9.53 Å².